The smallest absolute Gasteiger partial charge is 0.0568 e. The van der Waals surface area contributed by atoms with Crippen molar-refractivity contribution in [2.75, 3.05) is 18.4 Å². The van der Waals surface area contributed by atoms with Crippen molar-refractivity contribution in [2.24, 2.45) is 0 Å². The normalized spacial score (nSPS) is 28.4. The summed E-state index contributed by atoms with van der Waals surface area (Å²) in [5, 5.41) is 4.41. The molecule has 92 valence electrons. The number of rotatable bonds is 2. The van der Waals surface area contributed by atoms with Gasteiger partial charge in [0.05, 0.1) is 5.02 Å². The number of fused-ring (bicyclic) bond motifs is 1. The van der Waals surface area contributed by atoms with Crippen LogP contribution in [0, 0.1) is 0 Å². The molecule has 1 aromatic carbocycles. The maximum atomic E-state index is 6.11. The molecular weight excluding hydrogens is 300 g/mol. The van der Waals surface area contributed by atoms with Gasteiger partial charge in [0.25, 0.3) is 0 Å². The van der Waals surface area contributed by atoms with E-state index in [-0.39, 0.29) is 0 Å². The maximum Gasteiger partial charge on any atom is 0.0568 e. The summed E-state index contributed by atoms with van der Waals surface area (Å²) >= 11 is 9.53. The Morgan fingerprint density at radius 1 is 1.29 bits per heavy atom. The Morgan fingerprint density at radius 3 is 3.00 bits per heavy atom. The van der Waals surface area contributed by atoms with Crippen LogP contribution in [0.15, 0.2) is 22.7 Å². The topological polar surface area (TPSA) is 15.3 Å². The van der Waals surface area contributed by atoms with E-state index in [9.17, 15) is 0 Å². The van der Waals surface area contributed by atoms with Crippen molar-refractivity contribution in [3.05, 3.63) is 27.7 Å². The Bertz CT molecular complexity index is 424. The predicted octanol–water partition coefficient (Wildman–Crippen LogP) is 3.75. The zero-order valence-electron chi connectivity index (χ0n) is 9.63. The summed E-state index contributed by atoms with van der Waals surface area (Å²) in [6.07, 6.45) is 3.93. The minimum Gasteiger partial charge on any atom is -0.381 e. The molecular formula is C13H16BrClN2. The highest BCUT2D eigenvalue weighted by Crippen LogP contribution is 2.31. The number of halogens is 2. The van der Waals surface area contributed by atoms with E-state index in [1.54, 1.807) is 0 Å². The van der Waals surface area contributed by atoms with Crippen molar-refractivity contribution in [1.82, 2.24) is 4.90 Å². The van der Waals surface area contributed by atoms with Gasteiger partial charge in [0.2, 0.25) is 0 Å². The number of nitrogens with one attached hydrogen (secondary N) is 1. The zero-order valence-corrected chi connectivity index (χ0v) is 12.0. The number of hydrogen-bond donors (Lipinski definition) is 1. The average molecular weight is 316 g/mol. The molecule has 1 aromatic rings. The third kappa shape index (κ3) is 2.33. The van der Waals surface area contributed by atoms with E-state index in [4.69, 9.17) is 11.6 Å². The van der Waals surface area contributed by atoms with Crippen molar-refractivity contribution < 1.29 is 0 Å². The first kappa shape index (κ1) is 11.8. The lowest BCUT2D eigenvalue weighted by molar-refractivity contribution is 0.318. The van der Waals surface area contributed by atoms with E-state index in [0.717, 1.165) is 21.2 Å². The second-order valence-electron chi connectivity index (χ2n) is 4.91. The molecule has 2 nitrogen and oxygen atoms in total. The van der Waals surface area contributed by atoms with E-state index in [0.29, 0.717) is 6.04 Å². The predicted molar refractivity (Wildman–Crippen MR) is 75.8 cm³/mol. The Hall–Kier alpha value is -0.250. The highest BCUT2D eigenvalue weighted by atomic mass is 79.9. The van der Waals surface area contributed by atoms with Crippen LogP contribution >= 0.6 is 27.5 Å². The Kier molecular flexibility index (Phi) is 3.33. The summed E-state index contributed by atoms with van der Waals surface area (Å²) in [5.41, 5.74) is 1.14. The van der Waals surface area contributed by atoms with Crippen LogP contribution < -0.4 is 5.32 Å². The van der Waals surface area contributed by atoms with E-state index in [1.807, 2.05) is 12.1 Å². The third-order valence-electron chi connectivity index (χ3n) is 3.88. The summed E-state index contributed by atoms with van der Waals surface area (Å²) < 4.78 is 0.957. The number of benzene rings is 1. The van der Waals surface area contributed by atoms with Crippen LogP contribution in [0.3, 0.4) is 0 Å². The second-order valence-corrected chi connectivity index (χ2v) is 6.18. The number of anilines is 1. The molecule has 4 heteroatoms. The van der Waals surface area contributed by atoms with Crippen molar-refractivity contribution in [3.63, 3.8) is 0 Å². The van der Waals surface area contributed by atoms with E-state index < -0.39 is 0 Å². The van der Waals surface area contributed by atoms with Crippen LogP contribution in [-0.4, -0.2) is 30.1 Å². The average Bonchev–Trinajstić information content (AvgIpc) is 2.88. The van der Waals surface area contributed by atoms with E-state index in [1.165, 1.54) is 32.4 Å². The van der Waals surface area contributed by atoms with Gasteiger partial charge in [0.15, 0.2) is 0 Å². The Balaban J connectivity index is 1.72. The van der Waals surface area contributed by atoms with Gasteiger partial charge in [0, 0.05) is 28.8 Å². The fourth-order valence-electron chi connectivity index (χ4n) is 3.05. The first-order valence-electron chi connectivity index (χ1n) is 6.20. The summed E-state index contributed by atoms with van der Waals surface area (Å²) in [7, 11) is 0. The molecule has 0 amide bonds. The van der Waals surface area contributed by atoms with Crippen LogP contribution in [0.4, 0.5) is 5.69 Å². The second kappa shape index (κ2) is 4.79. The SMILES string of the molecule is Clc1cc(NC2CCN3CCCC23)ccc1Br. The monoisotopic (exact) mass is 314 g/mol. The molecule has 0 aromatic heterocycles. The van der Waals surface area contributed by atoms with Gasteiger partial charge in [-0.15, -0.1) is 0 Å². The molecule has 3 rings (SSSR count). The van der Waals surface area contributed by atoms with Crippen LogP contribution in [0.1, 0.15) is 19.3 Å². The minimum atomic E-state index is 0.592. The van der Waals surface area contributed by atoms with Gasteiger partial charge >= 0.3 is 0 Å². The van der Waals surface area contributed by atoms with Crippen molar-refractivity contribution >= 4 is 33.2 Å². The Labute approximate surface area is 115 Å². The number of nitrogens with zero attached hydrogens (tertiary/aromatic N) is 1. The van der Waals surface area contributed by atoms with Crippen molar-refractivity contribution in [1.29, 1.82) is 0 Å². The third-order valence-corrected chi connectivity index (χ3v) is 5.11. The largest absolute Gasteiger partial charge is 0.381 e. The molecule has 2 aliphatic heterocycles. The van der Waals surface area contributed by atoms with Gasteiger partial charge in [-0.1, -0.05) is 11.6 Å². The summed E-state index contributed by atoms with van der Waals surface area (Å²) in [6.45, 7) is 2.52. The van der Waals surface area contributed by atoms with Gasteiger partial charge < -0.3 is 5.32 Å². The van der Waals surface area contributed by atoms with E-state index >= 15 is 0 Å². The highest BCUT2D eigenvalue weighted by Gasteiger charge is 2.36. The molecule has 0 radical (unpaired) electrons. The lowest BCUT2D eigenvalue weighted by Crippen LogP contribution is -2.33. The quantitative estimate of drug-likeness (QED) is 0.894. The van der Waals surface area contributed by atoms with Gasteiger partial charge in [-0.25, -0.2) is 0 Å². The number of hydrogen-bond acceptors (Lipinski definition) is 2. The lowest BCUT2D eigenvalue weighted by Gasteiger charge is -2.22. The molecule has 2 atom stereocenters. The molecule has 2 fully saturated rings. The highest BCUT2D eigenvalue weighted by molar-refractivity contribution is 9.10. The molecule has 2 unspecified atom stereocenters. The lowest BCUT2D eigenvalue weighted by atomic mass is 10.1. The van der Waals surface area contributed by atoms with Gasteiger partial charge in [0.1, 0.15) is 0 Å². The first-order chi connectivity index (χ1) is 8.24. The molecule has 0 spiro atoms. The standard InChI is InChI=1S/C13H16BrClN2/c14-10-4-3-9(8-11(10)15)16-12-5-7-17-6-1-2-13(12)17/h3-4,8,12-13,16H,1-2,5-7H2. The van der Waals surface area contributed by atoms with Crippen LogP contribution in [-0.2, 0) is 0 Å². The van der Waals surface area contributed by atoms with Crippen molar-refractivity contribution in [3.8, 4) is 0 Å². The summed E-state index contributed by atoms with van der Waals surface area (Å²) in [6, 6.07) is 7.43. The van der Waals surface area contributed by atoms with Crippen LogP contribution in [0.2, 0.25) is 5.02 Å². The molecule has 2 aliphatic rings. The van der Waals surface area contributed by atoms with Crippen molar-refractivity contribution in [2.45, 2.75) is 31.3 Å². The molecule has 1 N–H and O–H groups in total. The fraction of sp³-hybridized carbons (Fsp3) is 0.538. The zero-order chi connectivity index (χ0) is 11.8. The summed E-state index contributed by atoms with van der Waals surface area (Å²) in [5.74, 6) is 0. The van der Waals surface area contributed by atoms with E-state index in [2.05, 4.69) is 32.2 Å². The minimum absolute atomic E-state index is 0.592. The molecule has 0 bridgehead atoms. The van der Waals surface area contributed by atoms with Gasteiger partial charge in [-0.05, 0) is 59.9 Å². The van der Waals surface area contributed by atoms with Gasteiger partial charge in [-0.3, -0.25) is 4.90 Å². The maximum absolute atomic E-state index is 6.11. The fourth-order valence-corrected chi connectivity index (χ4v) is 3.48. The molecule has 2 heterocycles. The summed E-state index contributed by atoms with van der Waals surface area (Å²) in [4.78, 5) is 2.61. The molecule has 0 saturated carbocycles. The van der Waals surface area contributed by atoms with Crippen LogP contribution in [0.25, 0.3) is 0 Å². The molecule has 0 aliphatic carbocycles. The Morgan fingerprint density at radius 2 is 2.18 bits per heavy atom. The van der Waals surface area contributed by atoms with Crippen LogP contribution in [0.5, 0.6) is 0 Å². The molecule has 17 heavy (non-hydrogen) atoms. The van der Waals surface area contributed by atoms with Gasteiger partial charge in [-0.2, -0.15) is 0 Å². The first-order valence-corrected chi connectivity index (χ1v) is 7.37. The molecule has 2 saturated heterocycles.